The predicted molar refractivity (Wildman–Crippen MR) is 100 cm³/mol. The number of aryl methyl sites for hydroxylation is 1. The summed E-state index contributed by atoms with van der Waals surface area (Å²) < 4.78 is 27.2. The van der Waals surface area contributed by atoms with Crippen molar-refractivity contribution < 1.29 is 18.3 Å². The first-order chi connectivity index (χ1) is 12.9. The summed E-state index contributed by atoms with van der Waals surface area (Å²) in [6.07, 6.45) is 3.04. The Bertz CT molecular complexity index is 1040. The van der Waals surface area contributed by atoms with Gasteiger partial charge in [-0.15, -0.1) is 0 Å². The van der Waals surface area contributed by atoms with Crippen LogP contribution in [0.4, 0.5) is 0 Å². The number of phenolic OH excluding ortho intramolecular Hbond substituents is 1. The number of aromatic hydroxyl groups is 1. The molecule has 0 aromatic heterocycles. The molecule has 140 valence electrons. The lowest BCUT2D eigenvalue weighted by Gasteiger charge is -2.08. The van der Waals surface area contributed by atoms with Gasteiger partial charge in [-0.2, -0.15) is 5.10 Å². The van der Waals surface area contributed by atoms with E-state index in [1.807, 2.05) is 6.07 Å². The number of phenols is 1. The summed E-state index contributed by atoms with van der Waals surface area (Å²) in [5.41, 5.74) is 4.92. The molecule has 0 spiro atoms. The summed E-state index contributed by atoms with van der Waals surface area (Å²) in [4.78, 5) is 12.5. The molecule has 3 N–H and O–H groups in total. The Morgan fingerprint density at radius 3 is 2.67 bits per heavy atom. The van der Waals surface area contributed by atoms with Gasteiger partial charge in [0.15, 0.2) is 0 Å². The average Bonchev–Trinajstić information content (AvgIpc) is 3.35. The van der Waals surface area contributed by atoms with Crippen molar-refractivity contribution in [3.8, 4) is 5.75 Å². The smallest absolute Gasteiger partial charge is 0.271 e. The molecular weight excluding hydrogens is 366 g/mol. The fourth-order valence-electron chi connectivity index (χ4n) is 3.09. The Kier molecular flexibility index (Phi) is 4.45. The number of carbonyl (C=O) groups is 1. The van der Waals surface area contributed by atoms with Crippen LogP contribution in [0, 0.1) is 0 Å². The Labute approximate surface area is 157 Å². The van der Waals surface area contributed by atoms with Crippen LogP contribution in [-0.2, 0) is 16.4 Å². The second-order valence-corrected chi connectivity index (χ2v) is 8.45. The van der Waals surface area contributed by atoms with Gasteiger partial charge in [-0.1, -0.05) is 18.2 Å². The SMILES string of the molecule is O=C(N/N=C1\CCc2cccc(O)c21)c1cccc(S(=O)(=O)NC2CC2)c1. The first-order valence-electron chi connectivity index (χ1n) is 8.74. The number of nitrogens with one attached hydrogen (secondary N) is 2. The zero-order chi connectivity index (χ0) is 19.0. The number of hydrogen-bond donors (Lipinski definition) is 3. The second kappa shape index (κ2) is 6.79. The van der Waals surface area contributed by atoms with Crippen molar-refractivity contribution >= 4 is 21.6 Å². The number of rotatable bonds is 5. The molecule has 0 aliphatic heterocycles. The van der Waals surface area contributed by atoms with Gasteiger partial charge < -0.3 is 5.11 Å². The lowest BCUT2D eigenvalue weighted by atomic mass is 10.1. The standard InChI is InChI=1S/C19H19N3O4S/c23-17-6-2-3-12-7-10-16(18(12)17)20-21-19(24)13-4-1-5-15(11-13)27(25,26)22-14-8-9-14/h1-6,11,14,22-23H,7-10H2,(H,21,24)/b20-16+. The third-order valence-corrected chi connectivity index (χ3v) is 6.16. The Balaban J connectivity index is 1.52. The van der Waals surface area contributed by atoms with E-state index in [4.69, 9.17) is 0 Å². The third kappa shape index (κ3) is 3.72. The van der Waals surface area contributed by atoms with E-state index in [-0.39, 0.29) is 22.3 Å². The molecule has 1 fully saturated rings. The number of hydrazone groups is 1. The minimum atomic E-state index is -3.63. The zero-order valence-electron chi connectivity index (χ0n) is 14.5. The largest absolute Gasteiger partial charge is 0.507 e. The Morgan fingerprint density at radius 1 is 1.11 bits per heavy atom. The van der Waals surface area contributed by atoms with Gasteiger partial charge in [-0.3, -0.25) is 4.79 Å². The quantitative estimate of drug-likeness (QED) is 0.683. The van der Waals surface area contributed by atoms with E-state index in [1.165, 1.54) is 24.3 Å². The molecule has 0 atom stereocenters. The molecule has 0 unspecified atom stereocenters. The predicted octanol–water partition coefficient (Wildman–Crippen LogP) is 1.91. The van der Waals surface area contributed by atoms with Crippen molar-refractivity contribution in [2.45, 2.75) is 36.6 Å². The highest BCUT2D eigenvalue weighted by Crippen LogP contribution is 2.30. The topological polar surface area (TPSA) is 108 Å². The molecule has 8 heteroatoms. The molecule has 0 heterocycles. The van der Waals surface area contributed by atoms with E-state index in [0.29, 0.717) is 17.7 Å². The normalized spacial score (nSPS) is 17.7. The van der Waals surface area contributed by atoms with Crippen LogP contribution in [-0.4, -0.2) is 31.2 Å². The monoisotopic (exact) mass is 385 g/mol. The summed E-state index contributed by atoms with van der Waals surface area (Å²) in [5.74, 6) is -0.368. The van der Waals surface area contributed by atoms with Crippen molar-refractivity contribution in [3.63, 3.8) is 0 Å². The van der Waals surface area contributed by atoms with E-state index in [9.17, 15) is 18.3 Å². The van der Waals surface area contributed by atoms with Gasteiger partial charge in [0.25, 0.3) is 5.91 Å². The van der Waals surface area contributed by atoms with Crippen LogP contribution in [0.2, 0.25) is 0 Å². The highest BCUT2D eigenvalue weighted by atomic mass is 32.2. The summed E-state index contributed by atoms with van der Waals surface area (Å²) >= 11 is 0. The van der Waals surface area contributed by atoms with Crippen LogP contribution < -0.4 is 10.1 Å². The zero-order valence-corrected chi connectivity index (χ0v) is 15.3. The molecule has 2 aromatic rings. The van der Waals surface area contributed by atoms with Crippen LogP contribution in [0.1, 0.15) is 40.7 Å². The number of fused-ring (bicyclic) bond motifs is 1. The summed E-state index contributed by atoms with van der Waals surface area (Å²) in [7, 11) is -3.63. The van der Waals surface area contributed by atoms with Crippen molar-refractivity contribution in [3.05, 3.63) is 59.2 Å². The molecule has 2 aliphatic carbocycles. The Morgan fingerprint density at radius 2 is 1.89 bits per heavy atom. The Hall–Kier alpha value is -2.71. The highest BCUT2D eigenvalue weighted by Gasteiger charge is 2.28. The molecular formula is C19H19N3O4S. The van der Waals surface area contributed by atoms with Gasteiger partial charge in [0.05, 0.1) is 10.6 Å². The van der Waals surface area contributed by atoms with Gasteiger partial charge >= 0.3 is 0 Å². The molecule has 0 bridgehead atoms. The van der Waals surface area contributed by atoms with Crippen LogP contribution in [0.25, 0.3) is 0 Å². The van der Waals surface area contributed by atoms with Crippen molar-refractivity contribution in [1.29, 1.82) is 0 Å². The number of benzene rings is 2. The molecule has 27 heavy (non-hydrogen) atoms. The molecule has 2 aliphatic rings. The lowest BCUT2D eigenvalue weighted by Crippen LogP contribution is -2.26. The highest BCUT2D eigenvalue weighted by molar-refractivity contribution is 7.89. The third-order valence-electron chi connectivity index (χ3n) is 4.65. The maximum atomic E-state index is 12.4. The van der Waals surface area contributed by atoms with Crippen LogP contribution >= 0.6 is 0 Å². The van der Waals surface area contributed by atoms with Gasteiger partial charge in [0, 0.05) is 17.2 Å². The minimum absolute atomic E-state index is 0.00556. The average molecular weight is 385 g/mol. The van der Waals surface area contributed by atoms with E-state index >= 15 is 0 Å². The van der Waals surface area contributed by atoms with Crippen LogP contribution in [0.3, 0.4) is 0 Å². The van der Waals surface area contributed by atoms with Crippen molar-refractivity contribution in [2.24, 2.45) is 5.10 Å². The molecule has 7 nitrogen and oxygen atoms in total. The van der Waals surface area contributed by atoms with Gasteiger partial charge in [-0.05, 0) is 55.5 Å². The number of hydrogen-bond acceptors (Lipinski definition) is 5. The van der Waals surface area contributed by atoms with E-state index in [1.54, 1.807) is 12.1 Å². The molecule has 1 amide bonds. The number of carbonyl (C=O) groups excluding carboxylic acids is 1. The van der Waals surface area contributed by atoms with Gasteiger partial charge in [0.1, 0.15) is 5.75 Å². The van der Waals surface area contributed by atoms with Crippen LogP contribution in [0.5, 0.6) is 5.75 Å². The maximum Gasteiger partial charge on any atom is 0.271 e. The maximum absolute atomic E-state index is 12.4. The number of amides is 1. The fraction of sp³-hybridized carbons (Fsp3) is 0.263. The first kappa shape index (κ1) is 17.7. The second-order valence-electron chi connectivity index (χ2n) is 6.73. The number of nitrogens with zero attached hydrogens (tertiary/aromatic N) is 1. The minimum Gasteiger partial charge on any atom is -0.507 e. The molecule has 0 saturated heterocycles. The summed E-state index contributed by atoms with van der Waals surface area (Å²) in [5, 5.41) is 14.2. The van der Waals surface area contributed by atoms with Crippen molar-refractivity contribution in [2.75, 3.05) is 0 Å². The lowest BCUT2D eigenvalue weighted by molar-refractivity contribution is 0.0954. The van der Waals surface area contributed by atoms with Crippen molar-refractivity contribution in [1.82, 2.24) is 10.1 Å². The molecule has 2 aromatic carbocycles. The first-order valence-corrected chi connectivity index (χ1v) is 10.2. The van der Waals surface area contributed by atoms with E-state index in [2.05, 4.69) is 15.2 Å². The molecule has 1 saturated carbocycles. The fourth-order valence-corrected chi connectivity index (χ4v) is 4.44. The molecule has 0 radical (unpaired) electrons. The summed E-state index contributed by atoms with van der Waals surface area (Å²) in [6, 6.07) is 11.1. The number of sulfonamides is 1. The van der Waals surface area contributed by atoms with Crippen LogP contribution in [0.15, 0.2) is 52.5 Å². The van der Waals surface area contributed by atoms with Gasteiger partial charge in [0.2, 0.25) is 10.0 Å². The van der Waals surface area contributed by atoms with E-state index < -0.39 is 15.9 Å². The van der Waals surface area contributed by atoms with E-state index in [0.717, 1.165) is 24.8 Å². The summed E-state index contributed by atoms with van der Waals surface area (Å²) in [6.45, 7) is 0. The molecule has 4 rings (SSSR count). The van der Waals surface area contributed by atoms with Gasteiger partial charge in [-0.25, -0.2) is 18.6 Å².